The lowest BCUT2D eigenvalue weighted by Crippen LogP contribution is -2.62. The lowest BCUT2D eigenvalue weighted by Gasteiger charge is -2.49. The minimum absolute atomic E-state index is 0.0937. The number of hydrogen-bond acceptors (Lipinski definition) is 16. The molecule has 3 saturated heterocycles. The molecular weight excluding hydrogens is 732 g/mol. The van der Waals surface area contributed by atoms with Crippen LogP contribution < -0.4 is 0 Å². The van der Waals surface area contributed by atoms with Gasteiger partial charge in [0.2, 0.25) is 0 Å². The van der Waals surface area contributed by atoms with E-state index in [4.69, 9.17) is 28.4 Å². The van der Waals surface area contributed by atoms with Crippen LogP contribution in [0.15, 0.2) is 0 Å². The summed E-state index contributed by atoms with van der Waals surface area (Å²) in [4.78, 5) is 17.9. The lowest BCUT2D eigenvalue weighted by atomic mass is 9.77. The molecule has 0 radical (unpaired) electrons. The molecule has 3 heterocycles. The van der Waals surface area contributed by atoms with Gasteiger partial charge < -0.3 is 69.1 Å². The van der Waals surface area contributed by atoms with Crippen LogP contribution in [0.25, 0.3) is 0 Å². The van der Waals surface area contributed by atoms with E-state index >= 15 is 0 Å². The molecule has 3 aliphatic heterocycles. The van der Waals surface area contributed by atoms with E-state index in [1.165, 1.54) is 14.0 Å². The first kappa shape index (κ1) is 49.3. The molecule has 3 aliphatic rings. The average molecular weight is 809 g/mol. The highest BCUT2D eigenvalue weighted by atomic mass is 16.7. The van der Waals surface area contributed by atoms with E-state index in [0.29, 0.717) is 6.54 Å². The third kappa shape index (κ3) is 11.4. The van der Waals surface area contributed by atoms with Gasteiger partial charge in [-0.05, 0) is 74.3 Å². The fraction of sp³-hybridized carbons (Fsp3) is 0.975. The number of esters is 1. The fourth-order valence-electron chi connectivity index (χ4n) is 9.30. The normalized spacial score (nSPS) is 46.9. The van der Waals surface area contributed by atoms with E-state index in [0.717, 1.165) is 0 Å². The van der Waals surface area contributed by atoms with Crippen molar-refractivity contribution in [2.45, 2.75) is 185 Å². The molecule has 3 rings (SSSR count). The van der Waals surface area contributed by atoms with Crippen LogP contribution in [0.5, 0.6) is 0 Å². The summed E-state index contributed by atoms with van der Waals surface area (Å²) < 4.78 is 38.0. The first-order valence-corrected chi connectivity index (χ1v) is 20.5. The molecule has 7 N–H and O–H groups in total. The lowest BCUT2D eigenvalue weighted by molar-refractivity contribution is -0.316. The SMILES string of the molecule is CC[C@H]1OC(=O)[C@H](C)[C@@H](O[C@H]2C[C@@](C)(OC)[C@@H](O)[C@H](C)O2)[C@H](C)[C@@H](O[C@@H]2O[C@H](C)CC(O)[C@@H]2N(CCO)CCO)[C@](C)(O)C[C@@H](C)CN(C)[C@H](C)[C@@H](O)[C@]1(C)O. The number of carbonyl (C=O) groups excluding carboxylic acids is 1. The first-order valence-electron chi connectivity index (χ1n) is 20.5. The third-order valence-corrected chi connectivity index (χ3v) is 12.7. The molecule has 0 bridgehead atoms. The maximum atomic E-state index is 14.3. The minimum atomic E-state index is -1.83. The summed E-state index contributed by atoms with van der Waals surface area (Å²) in [6, 6.07) is -1.41. The van der Waals surface area contributed by atoms with Gasteiger partial charge in [-0.25, -0.2) is 0 Å². The summed E-state index contributed by atoms with van der Waals surface area (Å²) in [5.74, 6) is -2.82. The summed E-state index contributed by atoms with van der Waals surface area (Å²) in [5, 5.41) is 78.3. The molecule has 0 aliphatic carbocycles. The Labute approximate surface area is 334 Å². The molecule has 0 spiro atoms. The Morgan fingerprint density at radius 3 is 2.07 bits per heavy atom. The topological polar surface area (TPSA) is 221 Å². The fourth-order valence-corrected chi connectivity index (χ4v) is 9.30. The molecular formula is C40H76N2O14. The molecule has 1 unspecified atom stereocenters. The van der Waals surface area contributed by atoms with Crippen LogP contribution in [0.1, 0.15) is 94.9 Å². The van der Waals surface area contributed by atoms with Gasteiger partial charge in [-0.3, -0.25) is 9.69 Å². The molecule has 16 heteroatoms. The second-order valence-corrected chi connectivity index (χ2v) is 17.7. The smallest absolute Gasteiger partial charge is 0.311 e. The number of nitrogens with zero attached hydrogens (tertiary/aromatic N) is 2. The van der Waals surface area contributed by atoms with Gasteiger partial charge in [0.25, 0.3) is 0 Å². The molecule has 0 aromatic rings. The van der Waals surface area contributed by atoms with Gasteiger partial charge in [0.1, 0.15) is 23.9 Å². The Morgan fingerprint density at radius 2 is 1.52 bits per heavy atom. The van der Waals surface area contributed by atoms with Crippen molar-refractivity contribution in [3.8, 4) is 0 Å². The van der Waals surface area contributed by atoms with Gasteiger partial charge in [0.15, 0.2) is 12.6 Å². The van der Waals surface area contributed by atoms with Crippen LogP contribution >= 0.6 is 0 Å². The zero-order chi connectivity index (χ0) is 42.5. The average Bonchev–Trinajstić information content (AvgIpc) is 3.11. The quantitative estimate of drug-likeness (QED) is 0.142. The zero-order valence-corrected chi connectivity index (χ0v) is 35.9. The third-order valence-electron chi connectivity index (χ3n) is 12.7. The highest BCUT2D eigenvalue weighted by Crippen LogP contribution is 2.40. The van der Waals surface area contributed by atoms with Gasteiger partial charge in [-0.2, -0.15) is 0 Å². The molecule has 18 atom stereocenters. The molecule has 0 aromatic carbocycles. The van der Waals surface area contributed by atoms with Crippen LogP contribution in [0, 0.1) is 17.8 Å². The Bertz CT molecular complexity index is 1210. The molecule has 16 nitrogen and oxygen atoms in total. The number of carbonyl (C=O) groups is 1. The van der Waals surface area contributed by atoms with Crippen molar-refractivity contribution in [3.63, 3.8) is 0 Å². The van der Waals surface area contributed by atoms with Gasteiger partial charge >= 0.3 is 5.97 Å². The summed E-state index contributed by atoms with van der Waals surface area (Å²) in [6.07, 6.45) is -9.16. The Hall–Kier alpha value is -1.09. The largest absolute Gasteiger partial charge is 0.459 e. The van der Waals surface area contributed by atoms with Crippen molar-refractivity contribution < 1.29 is 69.0 Å². The van der Waals surface area contributed by atoms with Crippen molar-refractivity contribution >= 4 is 5.97 Å². The summed E-state index contributed by atoms with van der Waals surface area (Å²) in [5.41, 5.74) is -4.53. The van der Waals surface area contributed by atoms with Crippen molar-refractivity contribution in [2.75, 3.05) is 47.0 Å². The highest BCUT2D eigenvalue weighted by Gasteiger charge is 2.53. The summed E-state index contributed by atoms with van der Waals surface area (Å²) >= 11 is 0. The monoisotopic (exact) mass is 809 g/mol. The predicted octanol–water partition coefficient (Wildman–Crippen LogP) is 0.626. The molecule has 0 aromatic heterocycles. The molecule has 330 valence electrons. The van der Waals surface area contributed by atoms with Gasteiger partial charge in [0.05, 0.1) is 66.9 Å². The highest BCUT2D eigenvalue weighted by molar-refractivity contribution is 5.73. The van der Waals surface area contributed by atoms with Gasteiger partial charge in [-0.15, -0.1) is 0 Å². The van der Waals surface area contributed by atoms with E-state index < -0.39 is 108 Å². The molecule has 56 heavy (non-hydrogen) atoms. The first-order chi connectivity index (χ1) is 26.0. The standard InChI is InChI=1S/C40H76N2O14/c1-13-29-40(10,50)33(46)26(6)41(11)21-22(2)19-38(8,49)35(56-37-31(28(45)18-23(3)52-37)42(14-16-43)15-17-44)24(4)32(25(5)36(48)54-29)55-30-20-39(9,51-12)34(47)27(7)53-30/h22-35,37,43-47,49-50H,13-21H2,1-12H3/t22-,23-,24+,25-,26-,27+,28?,29-,30+,31+,32+,33-,34+,35-,37+,38-,39-,40-/m1/s1. The predicted molar refractivity (Wildman–Crippen MR) is 206 cm³/mol. The van der Waals surface area contributed by atoms with Crippen LogP contribution in [0.3, 0.4) is 0 Å². The van der Waals surface area contributed by atoms with E-state index in [2.05, 4.69) is 0 Å². The van der Waals surface area contributed by atoms with Crippen LogP contribution in [-0.4, -0.2) is 189 Å². The van der Waals surface area contributed by atoms with E-state index in [1.54, 1.807) is 60.3 Å². The van der Waals surface area contributed by atoms with Crippen molar-refractivity contribution in [1.82, 2.24) is 9.80 Å². The van der Waals surface area contributed by atoms with E-state index in [-0.39, 0.29) is 57.9 Å². The number of cyclic esters (lactones) is 1. The number of aliphatic hydroxyl groups excluding tert-OH is 5. The maximum Gasteiger partial charge on any atom is 0.311 e. The van der Waals surface area contributed by atoms with Crippen molar-refractivity contribution in [2.24, 2.45) is 17.8 Å². The number of hydrogen-bond donors (Lipinski definition) is 7. The maximum absolute atomic E-state index is 14.3. The molecule has 3 fully saturated rings. The number of rotatable bonds is 11. The van der Waals surface area contributed by atoms with Gasteiger partial charge in [0, 0.05) is 51.5 Å². The van der Waals surface area contributed by atoms with Crippen molar-refractivity contribution in [1.29, 1.82) is 0 Å². The van der Waals surface area contributed by atoms with Gasteiger partial charge in [-0.1, -0.05) is 20.8 Å². The number of ether oxygens (including phenoxy) is 6. The molecule has 0 saturated carbocycles. The Morgan fingerprint density at radius 1 is 0.911 bits per heavy atom. The van der Waals surface area contributed by atoms with Crippen LogP contribution in [-0.2, 0) is 33.2 Å². The molecule has 0 amide bonds. The minimum Gasteiger partial charge on any atom is -0.459 e. The number of likely N-dealkylation sites (N-methyl/N-ethyl adjacent to an activating group) is 1. The van der Waals surface area contributed by atoms with E-state index in [9.17, 15) is 40.5 Å². The second-order valence-electron chi connectivity index (χ2n) is 17.7. The zero-order valence-electron chi connectivity index (χ0n) is 35.9. The van der Waals surface area contributed by atoms with Crippen LogP contribution in [0.4, 0.5) is 0 Å². The second kappa shape index (κ2) is 20.4. The number of methoxy groups -OCH3 is 1. The Kier molecular flexibility index (Phi) is 18.0. The number of aliphatic hydroxyl groups is 7. The van der Waals surface area contributed by atoms with E-state index in [1.807, 2.05) is 18.9 Å². The summed E-state index contributed by atoms with van der Waals surface area (Å²) in [7, 11) is 3.31. The van der Waals surface area contributed by atoms with Crippen LogP contribution in [0.2, 0.25) is 0 Å². The van der Waals surface area contributed by atoms with Crippen molar-refractivity contribution in [3.05, 3.63) is 0 Å². The Balaban J connectivity index is 2.23. The summed E-state index contributed by atoms with van der Waals surface area (Å²) in [6.45, 7) is 17.4.